The molecule has 27 heavy (non-hydrogen) atoms. The van der Waals surface area contributed by atoms with Gasteiger partial charge in [-0.05, 0) is 37.1 Å². The van der Waals surface area contributed by atoms with E-state index in [1.165, 1.54) is 22.7 Å². The van der Waals surface area contributed by atoms with Crippen molar-refractivity contribution < 1.29 is 0 Å². The number of para-hydroxylation sites is 4. The van der Waals surface area contributed by atoms with Crippen molar-refractivity contribution >= 4 is 33.8 Å². The number of benzene rings is 2. The molecule has 0 unspecified atom stereocenters. The molecular weight excluding hydrogens is 352 g/mol. The van der Waals surface area contributed by atoms with E-state index in [-0.39, 0.29) is 0 Å². The summed E-state index contributed by atoms with van der Waals surface area (Å²) in [6.45, 7) is 6.48. The van der Waals surface area contributed by atoms with Crippen LogP contribution in [0.2, 0.25) is 0 Å². The Bertz CT molecular complexity index is 963. The first-order valence-corrected chi connectivity index (χ1v) is 10.9. The third kappa shape index (κ3) is 3.61. The predicted octanol–water partition coefficient (Wildman–Crippen LogP) is 5.64. The summed E-state index contributed by atoms with van der Waals surface area (Å²) in [5, 5.41) is 0. The molecule has 4 nitrogen and oxygen atoms in total. The highest BCUT2D eigenvalue weighted by molar-refractivity contribution is 7.97. The maximum atomic E-state index is 4.88. The van der Waals surface area contributed by atoms with E-state index in [0.29, 0.717) is 0 Å². The number of fused-ring (bicyclic) bond motifs is 2. The number of aryl methyl sites for hydroxylation is 2. The molecule has 2 aromatic carbocycles. The number of thioether (sulfide) groups is 1. The van der Waals surface area contributed by atoms with Crippen LogP contribution in [0.3, 0.4) is 0 Å². The molecule has 0 fully saturated rings. The Hall–Kier alpha value is -2.27. The Kier molecular flexibility index (Phi) is 5.48. The molecule has 0 aliphatic rings. The number of imidazole rings is 2. The minimum absolute atomic E-state index is 0.907. The molecular formula is C22H26N4S. The Labute approximate surface area is 164 Å². The minimum atomic E-state index is 0.907. The highest BCUT2D eigenvalue weighted by Crippen LogP contribution is 2.24. The molecule has 2 aromatic heterocycles. The number of hydrogen-bond acceptors (Lipinski definition) is 3. The van der Waals surface area contributed by atoms with Crippen molar-refractivity contribution in [3.8, 4) is 0 Å². The quantitative estimate of drug-likeness (QED) is 0.398. The molecule has 0 saturated heterocycles. The van der Waals surface area contributed by atoms with Gasteiger partial charge in [0, 0.05) is 13.1 Å². The fourth-order valence-electron chi connectivity index (χ4n) is 3.65. The maximum absolute atomic E-state index is 4.88. The van der Waals surface area contributed by atoms with Gasteiger partial charge in [0.2, 0.25) is 0 Å². The van der Waals surface area contributed by atoms with Crippen LogP contribution in [0.4, 0.5) is 0 Å². The van der Waals surface area contributed by atoms with Crippen LogP contribution in [0.25, 0.3) is 22.1 Å². The Balaban J connectivity index is 1.55. The second kappa shape index (κ2) is 8.17. The fourth-order valence-corrected chi connectivity index (χ4v) is 4.56. The minimum Gasteiger partial charge on any atom is -0.327 e. The van der Waals surface area contributed by atoms with Crippen molar-refractivity contribution in [2.45, 2.75) is 51.3 Å². The lowest BCUT2D eigenvalue weighted by atomic mass is 10.3. The number of hydrogen-bond donors (Lipinski definition) is 0. The van der Waals surface area contributed by atoms with Crippen molar-refractivity contribution in [1.82, 2.24) is 19.1 Å². The van der Waals surface area contributed by atoms with Crippen molar-refractivity contribution in [2.24, 2.45) is 0 Å². The van der Waals surface area contributed by atoms with E-state index in [0.717, 1.165) is 48.5 Å². The normalized spacial score (nSPS) is 11.6. The van der Waals surface area contributed by atoms with Gasteiger partial charge in [0.25, 0.3) is 0 Å². The Morgan fingerprint density at radius 1 is 0.704 bits per heavy atom. The maximum Gasteiger partial charge on any atom is 0.119 e. The van der Waals surface area contributed by atoms with E-state index >= 15 is 0 Å². The average Bonchev–Trinajstić information content (AvgIpc) is 3.21. The van der Waals surface area contributed by atoms with Gasteiger partial charge in [-0.2, -0.15) is 0 Å². The molecule has 0 atom stereocenters. The SMILES string of the molecule is CCCn1c(CSCc2nc3ccccc3n2CCC)nc2ccccc21. The van der Waals surface area contributed by atoms with Crippen LogP contribution in [0.1, 0.15) is 38.3 Å². The second-order valence-electron chi connectivity index (χ2n) is 6.83. The van der Waals surface area contributed by atoms with E-state index in [1.54, 1.807) is 0 Å². The molecule has 0 spiro atoms. The van der Waals surface area contributed by atoms with Crippen molar-refractivity contribution in [2.75, 3.05) is 0 Å². The first-order chi connectivity index (χ1) is 13.3. The molecule has 140 valence electrons. The zero-order valence-electron chi connectivity index (χ0n) is 16.1. The van der Waals surface area contributed by atoms with Crippen LogP contribution in [-0.4, -0.2) is 19.1 Å². The van der Waals surface area contributed by atoms with E-state index < -0.39 is 0 Å². The lowest BCUT2D eigenvalue weighted by Crippen LogP contribution is -2.04. The summed E-state index contributed by atoms with van der Waals surface area (Å²) in [5.74, 6) is 4.15. The summed E-state index contributed by atoms with van der Waals surface area (Å²) in [6.07, 6.45) is 2.23. The summed E-state index contributed by atoms with van der Waals surface area (Å²) in [5.41, 5.74) is 4.68. The monoisotopic (exact) mass is 378 g/mol. The largest absolute Gasteiger partial charge is 0.327 e. The van der Waals surface area contributed by atoms with Crippen LogP contribution in [0, 0.1) is 0 Å². The van der Waals surface area contributed by atoms with Crippen molar-refractivity contribution in [3.63, 3.8) is 0 Å². The Morgan fingerprint density at radius 2 is 1.15 bits per heavy atom. The lowest BCUT2D eigenvalue weighted by Gasteiger charge is -2.09. The highest BCUT2D eigenvalue weighted by Gasteiger charge is 2.13. The summed E-state index contributed by atoms with van der Waals surface area (Å²) >= 11 is 1.90. The molecule has 4 aromatic rings. The Morgan fingerprint density at radius 3 is 1.59 bits per heavy atom. The topological polar surface area (TPSA) is 35.6 Å². The van der Waals surface area contributed by atoms with Crippen LogP contribution in [0.5, 0.6) is 0 Å². The molecule has 5 heteroatoms. The lowest BCUT2D eigenvalue weighted by molar-refractivity contribution is 0.669. The summed E-state index contributed by atoms with van der Waals surface area (Å²) in [7, 11) is 0. The van der Waals surface area contributed by atoms with Crippen LogP contribution < -0.4 is 0 Å². The zero-order chi connectivity index (χ0) is 18.6. The third-order valence-corrected chi connectivity index (χ3v) is 5.75. The molecule has 0 radical (unpaired) electrons. The first-order valence-electron chi connectivity index (χ1n) is 9.77. The van der Waals surface area contributed by atoms with Crippen molar-refractivity contribution in [3.05, 3.63) is 60.2 Å². The third-order valence-electron chi connectivity index (χ3n) is 4.82. The van der Waals surface area contributed by atoms with Gasteiger partial charge in [-0.1, -0.05) is 38.1 Å². The molecule has 0 amide bonds. The van der Waals surface area contributed by atoms with Gasteiger partial charge < -0.3 is 9.13 Å². The molecule has 2 heterocycles. The van der Waals surface area contributed by atoms with Crippen molar-refractivity contribution in [1.29, 1.82) is 0 Å². The standard InChI is InChI=1S/C22H26N4S/c1-3-13-25-19-11-7-5-9-17(19)23-21(25)15-27-16-22-24-18-10-6-8-12-20(18)26(22)14-4-2/h5-12H,3-4,13-16H2,1-2H3. The summed E-state index contributed by atoms with van der Waals surface area (Å²) in [6, 6.07) is 16.9. The summed E-state index contributed by atoms with van der Waals surface area (Å²) < 4.78 is 4.74. The highest BCUT2D eigenvalue weighted by atomic mass is 32.2. The molecule has 0 N–H and O–H groups in total. The van der Waals surface area contributed by atoms with E-state index in [1.807, 2.05) is 11.8 Å². The molecule has 0 bridgehead atoms. The second-order valence-corrected chi connectivity index (χ2v) is 7.82. The molecule has 0 saturated carbocycles. The van der Waals surface area contributed by atoms with Gasteiger partial charge in [-0.3, -0.25) is 0 Å². The predicted molar refractivity (Wildman–Crippen MR) is 115 cm³/mol. The van der Waals surface area contributed by atoms with Gasteiger partial charge in [0.05, 0.1) is 33.6 Å². The average molecular weight is 379 g/mol. The smallest absolute Gasteiger partial charge is 0.119 e. The van der Waals surface area contributed by atoms with Crippen LogP contribution in [0.15, 0.2) is 48.5 Å². The molecule has 0 aliphatic carbocycles. The zero-order valence-corrected chi connectivity index (χ0v) is 16.9. The van der Waals surface area contributed by atoms with E-state index in [9.17, 15) is 0 Å². The van der Waals surface area contributed by atoms with Crippen LogP contribution >= 0.6 is 11.8 Å². The van der Waals surface area contributed by atoms with Gasteiger partial charge in [0.15, 0.2) is 0 Å². The van der Waals surface area contributed by atoms with Gasteiger partial charge >= 0.3 is 0 Å². The molecule has 0 aliphatic heterocycles. The number of rotatable bonds is 8. The van der Waals surface area contributed by atoms with Gasteiger partial charge in [0.1, 0.15) is 11.6 Å². The van der Waals surface area contributed by atoms with Crippen LogP contribution in [-0.2, 0) is 24.6 Å². The van der Waals surface area contributed by atoms with Gasteiger partial charge in [-0.25, -0.2) is 9.97 Å². The van der Waals surface area contributed by atoms with Gasteiger partial charge in [-0.15, -0.1) is 11.8 Å². The number of aromatic nitrogens is 4. The fraction of sp³-hybridized carbons (Fsp3) is 0.364. The summed E-state index contributed by atoms with van der Waals surface area (Å²) in [4.78, 5) is 9.76. The number of nitrogens with zero attached hydrogens (tertiary/aromatic N) is 4. The van der Waals surface area contributed by atoms with E-state index in [2.05, 4.69) is 71.5 Å². The molecule has 4 rings (SSSR count). The first kappa shape index (κ1) is 18.1. The van der Waals surface area contributed by atoms with E-state index in [4.69, 9.17) is 9.97 Å².